The van der Waals surface area contributed by atoms with Crippen LogP contribution in [0.5, 0.6) is 0 Å². The van der Waals surface area contributed by atoms with Gasteiger partial charge in [-0.15, -0.1) is 0 Å². The standard InChI is InChI=1S/C16H27N3O/c1-4-19(5-2)14(3)12-18-16(20)10-6-8-15-9-7-11-17-13-15/h7,9,11,13-14H,4-6,8,10,12H2,1-3H3,(H,18,20). The highest BCUT2D eigenvalue weighted by Crippen LogP contribution is 2.03. The van der Waals surface area contributed by atoms with Gasteiger partial charge in [0.1, 0.15) is 0 Å². The van der Waals surface area contributed by atoms with Crippen LogP contribution >= 0.6 is 0 Å². The minimum absolute atomic E-state index is 0.146. The highest BCUT2D eigenvalue weighted by atomic mass is 16.1. The van der Waals surface area contributed by atoms with Crippen LogP contribution < -0.4 is 5.32 Å². The van der Waals surface area contributed by atoms with Gasteiger partial charge in [-0.2, -0.15) is 0 Å². The van der Waals surface area contributed by atoms with Crippen molar-refractivity contribution in [1.82, 2.24) is 15.2 Å². The third-order valence-corrected chi connectivity index (χ3v) is 3.62. The summed E-state index contributed by atoms with van der Waals surface area (Å²) in [5.74, 6) is 0.146. The van der Waals surface area contributed by atoms with E-state index in [1.807, 2.05) is 18.3 Å². The molecule has 1 N–H and O–H groups in total. The molecule has 0 aliphatic carbocycles. The number of carbonyl (C=O) groups excluding carboxylic acids is 1. The van der Waals surface area contributed by atoms with Crippen LogP contribution in [0.15, 0.2) is 24.5 Å². The molecule has 1 aromatic rings. The topological polar surface area (TPSA) is 45.2 Å². The summed E-state index contributed by atoms with van der Waals surface area (Å²) in [5.41, 5.74) is 1.19. The van der Waals surface area contributed by atoms with Crippen LogP contribution in [0.1, 0.15) is 39.2 Å². The molecule has 0 saturated carbocycles. The molecule has 0 radical (unpaired) electrons. The van der Waals surface area contributed by atoms with E-state index in [1.165, 1.54) is 5.56 Å². The Morgan fingerprint density at radius 3 is 2.75 bits per heavy atom. The van der Waals surface area contributed by atoms with Crippen LogP contribution in [0.3, 0.4) is 0 Å². The number of carbonyl (C=O) groups is 1. The number of nitrogens with zero attached hydrogens (tertiary/aromatic N) is 2. The Kier molecular flexibility index (Phi) is 7.88. The lowest BCUT2D eigenvalue weighted by Gasteiger charge is -2.26. The molecule has 0 spiro atoms. The second-order valence-electron chi connectivity index (χ2n) is 5.09. The molecule has 20 heavy (non-hydrogen) atoms. The van der Waals surface area contributed by atoms with E-state index in [0.717, 1.165) is 32.5 Å². The Labute approximate surface area is 122 Å². The smallest absolute Gasteiger partial charge is 0.220 e. The molecule has 0 saturated heterocycles. The molecule has 1 amide bonds. The van der Waals surface area contributed by atoms with E-state index in [0.29, 0.717) is 12.5 Å². The summed E-state index contributed by atoms with van der Waals surface area (Å²) < 4.78 is 0. The zero-order valence-corrected chi connectivity index (χ0v) is 12.9. The van der Waals surface area contributed by atoms with Gasteiger partial charge in [-0.1, -0.05) is 19.9 Å². The zero-order chi connectivity index (χ0) is 14.8. The first-order valence-corrected chi connectivity index (χ1v) is 7.57. The zero-order valence-electron chi connectivity index (χ0n) is 12.9. The number of amides is 1. The van der Waals surface area contributed by atoms with Gasteiger partial charge in [0.2, 0.25) is 5.91 Å². The fourth-order valence-corrected chi connectivity index (χ4v) is 2.33. The first-order chi connectivity index (χ1) is 9.67. The monoisotopic (exact) mass is 277 g/mol. The van der Waals surface area contributed by atoms with Gasteiger partial charge in [0.05, 0.1) is 0 Å². The van der Waals surface area contributed by atoms with Gasteiger partial charge < -0.3 is 5.32 Å². The van der Waals surface area contributed by atoms with Gasteiger partial charge in [0.25, 0.3) is 0 Å². The summed E-state index contributed by atoms with van der Waals surface area (Å²) >= 11 is 0. The molecule has 4 heteroatoms. The molecule has 1 atom stereocenters. The quantitative estimate of drug-likeness (QED) is 0.753. The molecule has 1 rings (SSSR count). The van der Waals surface area contributed by atoms with Crippen molar-refractivity contribution in [2.45, 2.75) is 46.1 Å². The average molecular weight is 277 g/mol. The van der Waals surface area contributed by atoms with Crippen molar-refractivity contribution in [2.75, 3.05) is 19.6 Å². The first kappa shape index (κ1) is 16.6. The number of nitrogens with one attached hydrogen (secondary N) is 1. The lowest BCUT2D eigenvalue weighted by molar-refractivity contribution is -0.121. The maximum Gasteiger partial charge on any atom is 0.220 e. The summed E-state index contributed by atoms with van der Waals surface area (Å²) in [4.78, 5) is 18.2. The van der Waals surface area contributed by atoms with E-state index in [1.54, 1.807) is 6.20 Å². The third kappa shape index (κ3) is 6.15. The highest BCUT2D eigenvalue weighted by Gasteiger charge is 2.10. The second kappa shape index (κ2) is 9.48. The Morgan fingerprint density at radius 1 is 1.40 bits per heavy atom. The van der Waals surface area contributed by atoms with E-state index in [-0.39, 0.29) is 5.91 Å². The number of pyridine rings is 1. The molecule has 0 aliphatic heterocycles. The minimum atomic E-state index is 0.146. The van der Waals surface area contributed by atoms with Crippen LogP contribution in [-0.4, -0.2) is 41.5 Å². The van der Waals surface area contributed by atoms with Crippen molar-refractivity contribution in [2.24, 2.45) is 0 Å². The van der Waals surface area contributed by atoms with Crippen LogP contribution in [0.2, 0.25) is 0 Å². The number of hydrogen-bond donors (Lipinski definition) is 1. The molecular weight excluding hydrogens is 250 g/mol. The van der Waals surface area contributed by atoms with Crippen molar-refractivity contribution in [3.63, 3.8) is 0 Å². The SMILES string of the molecule is CCN(CC)C(C)CNC(=O)CCCc1cccnc1. The van der Waals surface area contributed by atoms with E-state index in [4.69, 9.17) is 0 Å². The Bertz CT molecular complexity index is 377. The van der Waals surface area contributed by atoms with Gasteiger partial charge in [0.15, 0.2) is 0 Å². The molecule has 0 aliphatic rings. The average Bonchev–Trinajstić information content (AvgIpc) is 2.47. The van der Waals surface area contributed by atoms with Crippen LogP contribution in [-0.2, 0) is 11.2 Å². The molecule has 0 bridgehead atoms. The maximum atomic E-state index is 11.8. The Hall–Kier alpha value is -1.42. The van der Waals surface area contributed by atoms with Gasteiger partial charge in [0, 0.05) is 31.4 Å². The van der Waals surface area contributed by atoms with Crippen LogP contribution in [0.25, 0.3) is 0 Å². The van der Waals surface area contributed by atoms with Gasteiger partial charge >= 0.3 is 0 Å². The molecular formula is C16H27N3O. The number of hydrogen-bond acceptors (Lipinski definition) is 3. The lowest BCUT2D eigenvalue weighted by atomic mass is 10.1. The van der Waals surface area contributed by atoms with Crippen molar-refractivity contribution in [3.05, 3.63) is 30.1 Å². The van der Waals surface area contributed by atoms with E-state index in [9.17, 15) is 4.79 Å². The van der Waals surface area contributed by atoms with E-state index in [2.05, 4.69) is 36.0 Å². The fraction of sp³-hybridized carbons (Fsp3) is 0.625. The fourth-order valence-electron chi connectivity index (χ4n) is 2.33. The van der Waals surface area contributed by atoms with Gasteiger partial charge in [-0.05, 0) is 44.5 Å². The largest absolute Gasteiger partial charge is 0.355 e. The summed E-state index contributed by atoms with van der Waals surface area (Å²) in [6.07, 6.45) is 6.00. The van der Waals surface area contributed by atoms with Crippen molar-refractivity contribution in [3.8, 4) is 0 Å². The van der Waals surface area contributed by atoms with Gasteiger partial charge in [-0.3, -0.25) is 14.7 Å². The maximum absolute atomic E-state index is 11.8. The van der Waals surface area contributed by atoms with Crippen LogP contribution in [0, 0.1) is 0 Å². The predicted octanol–water partition coefficient (Wildman–Crippen LogP) is 2.25. The predicted molar refractivity (Wildman–Crippen MR) is 82.6 cm³/mol. The number of likely N-dealkylation sites (N-methyl/N-ethyl adjacent to an activating group) is 1. The third-order valence-electron chi connectivity index (χ3n) is 3.62. The highest BCUT2D eigenvalue weighted by molar-refractivity contribution is 5.75. The molecule has 0 fully saturated rings. The number of aryl methyl sites for hydroxylation is 1. The Morgan fingerprint density at radius 2 is 2.15 bits per heavy atom. The molecule has 1 heterocycles. The minimum Gasteiger partial charge on any atom is -0.355 e. The lowest BCUT2D eigenvalue weighted by Crippen LogP contribution is -2.41. The van der Waals surface area contributed by atoms with E-state index >= 15 is 0 Å². The normalized spacial score (nSPS) is 12.4. The Balaban J connectivity index is 2.17. The number of aromatic nitrogens is 1. The van der Waals surface area contributed by atoms with E-state index < -0.39 is 0 Å². The number of rotatable bonds is 9. The van der Waals surface area contributed by atoms with Crippen molar-refractivity contribution >= 4 is 5.91 Å². The second-order valence-corrected chi connectivity index (χ2v) is 5.09. The summed E-state index contributed by atoms with van der Waals surface area (Å²) in [6.45, 7) is 9.23. The van der Waals surface area contributed by atoms with Crippen molar-refractivity contribution < 1.29 is 4.79 Å². The van der Waals surface area contributed by atoms with Crippen molar-refractivity contribution in [1.29, 1.82) is 0 Å². The summed E-state index contributed by atoms with van der Waals surface area (Å²) in [5, 5.41) is 3.02. The summed E-state index contributed by atoms with van der Waals surface area (Å²) in [6, 6.07) is 4.38. The molecule has 1 aromatic heterocycles. The molecule has 112 valence electrons. The first-order valence-electron chi connectivity index (χ1n) is 7.57. The van der Waals surface area contributed by atoms with Crippen LogP contribution in [0.4, 0.5) is 0 Å². The molecule has 1 unspecified atom stereocenters. The summed E-state index contributed by atoms with van der Waals surface area (Å²) in [7, 11) is 0. The molecule has 0 aromatic carbocycles. The van der Waals surface area contributed by atoms with Gasteiger partial charge in [-0.25, -0.2) is 0 Å². The molecule has 4 nitrogen and oxygen atoms in total.